The molecule has 0 saturated carbocycles. The third-order valence-corrected chi connectivity index (χ3v) is 13.4. The van der Waals surface area contributed by atoms with Crippen LogP contribution in [0.15, 0.2) is 0 Å². The first-order valence-corrected chi connectivity index (χ1v) is 30.5. The number of alkyl carbamates (subject to hydrolysis) is 1. The molecular formula is C52H104N2O8Si-. The molecule has 0 aliphatic heterocycles. The Morgan fingerprint density at radius 3 is 1.32 bits per heavy atom. The van der Waals surface area contributed by atoms with Crippen LogP contribution in [-0.4, -0.2) is 96.5 Å². The van der Waals surface area contributed by atoms with Crippen molar-refractivity contribution in [1.29, 1.82) is 0 Å². The number of hydrogen-bond donors (Lipinski definition) is 1. The summed E-state index contributed by atoms with van der Waals surface area (Å²) in [4.78, 5) is 39.5. The van der Waals surface area contributed by atoms with E-state index in [0.717, 1.165) is 116 Å². The highest BCUT2D eigenvalue weighted by Gasteiger charge is 2.14. The molecule has 1 N–H and O–H groups in total. The van der Waals surface area contributed by atoms with Gasteiger partial charge in [-0.05, 0) is 71.0 Å². The molecule has 0 rings (SSSR count). The van der Waals surface area contributed by atoms with Gasteiger partial charge in [-0.15, -0.1) is 14.1 Å². The van der Waals surface area contributed by atoms with Gasteiger partial charge in [0.05, 0.1) is 26.2 Å². The molecule has 63 heavy (non-hydrogen) atoms. The molecule has 0 unspecified atom stereocenters. The van der Waals surface area contributed by atoms with Gasteiger partial charge in [0, 0.05) is 32.6 Å². The zero-order valence-corrected chi connectivity index (χ0v) is 43.5. The fraction of sp³-hybridized carbons (Fsp3) is 0.942. The second kappa shape index (κ2) is 46.8. The van der Waals surface area contributed by atoms with Crippen LogP contribution in [0, 0.1) is 0 Å². The van der Waals surface area contributed by atoms with Crippen molar-refractivity contribution in [3.8, 4) is 0 Å². The first-order valence-electron chi connectivity index (χ1n) is 26.8. The molecule has 11 heteroatoms. The summed E-state index contributed by atoms with van der Waals surface area (Å²) in [6.07, 6.45) is 34.3. The summed E-state index contributed by atoms with van der Waals surface area (Å²) in [7, 11) is -1.23. The van der Waals surface area contributed by atoms with Crippen molar-refractivity contribution in [2.45, 2.75) is 258 Å². The molecule has 0 fully saturated rings. The summed E-state index contributed by atoms with van der Waals surface area (Å²) in [6.45, 7) is 20.1. The average molecular weight is 913 g/mol. The fourth-order valence-electron chi connectivity index (χ4n) is 7.48. The van der Waals surface area contributed by atoms with Gasteiger partial charge in [0.15, 0.2) is 6.29 Å². The molecular weight excluding hydrogens is 809 g/mol. The van der Waals surface area contributed by atoms with Gasteiger partial charge in [0.1, 0.15) is 0 Å². The smallest absolute Gasteiger partial charge is 0.407 e. The lowest BCUT2D eigenvalue weighted by Crippen LogP contribution is -2.32. The quantitative estimate of drug-likeness (QED) is 0.0210. The summed E-state index contributed by atoms with van der Waals surface area (Å²) in [5.74, 6) is -0.208. The number of hydrogen-bond acceptors (Lipinski definition) is 9. The van der Waals surface area contributed by atoms with Gasteiger partial charge in [0.2, 0.25) is 0 Å². The number of esters is 2. The molecule has 0 radical (unpaired) electrons. The maximum absolute atomic E-state index is 12.6. The number of rotatable bonds is 49. The Kier molecular flexibility index (Phi) is 45.6. The zero-order chi connectivity index (χ0) is 46.3. The molecule has 10 nitrogen and oxygen atoms in total. The van der Waals surface area contributed by atoms with Crippen molar-refractivity contribution >= 4 is 26.1 Å². The average Bonchev–Trinajstić information content (AvgIpc) is 3.25. The molecule has 0 bridgehead atoms. The van der Waals surface area contributed by atoms with Crippen LogP contribution >= 0.6 is 0 Å². The predicted octanol–water partition coefficient (Wildman–Crippen LogP) is 14.3. The molecule has 375 valence electrons. The van der Waals surface area contributed by atoms with Gasteiger partial charge in [-0.1, -0.05) is 156 Å². The molecule has 0 aromatic rings. The van der Waals surface area contributed by atoms with Gasteiger partial charge in [-0.3, -0.25) is 9.59 Å². The van der Waals surface area contributed by atoms with E-state index < -0.39 is 8.07 Å². The molecule has 0 atom stereocenters. The topological polar surface area (TPSA) is 113 Å². The molecule has 0 aliphatic carbocycles. The van der Waals surface area contributed by atoms with Crippen molar-refractivity contribution in [1.82, 2.24) is 10.2 Å². The Morgan fingerprint density at radius 1 is 0.444 bits per heavy atom. The van der Waals surface area contributed by atoms with Gasteiger partial charge < -0.3 is 33.9 Å². The Morgan fingerprint density at radius 2 is 0.841 bits per heavy atom. The first-order chi connectivity index (χ1) is 30.6. The van der Waals surface area contributed by atoms with E-state index in [9.17, 15) is 14.4 Å². The van der Waals surface area contributed by atoms with Gasteiger partial charge in [-0.2, -0.15) is 19.6 Å². The van der Waals surface area contributed by atoms with Crippen LogP contribution in [-0.2, 0) is 33.3 Å². The molecule has 0 aromatic carbocycles. The van der Waals surface area contributed by atoms with Crippen molar-refractivity contribution in [3.05, 3.63) is 0 Å². The zero-order valence-electron chi connectivity index (χ0n) is 42.5. The SMILES string of the molecule is CCCCCCCCCOC(=O)CCCCCCCN(CCCCCCOC(=O)CCC(OCCCCCCCC)OCCCCCCCC)CCCNC(=O)OCC[Si-](C)(C)C. The third kappa shape index (κ3) is 48.1. The van der Waals surface area contributed by atoms with Crippen LogP contribution in [0.5, 0.6) is 0 Å². The van der Waals surface area contributed by atoms with Gasteiger partial charge in [-0.25, -0.2) is 4.79 Å². The van der Waals surface area contributed by atoms with E-state index in [1.807, 2.05) is 0 Å². The summed E-state index contributed by atoms with van der Waals surface area (Å²) >= 11 is 0. The highest BCUT2D eigenvalue weighted by Crippen LogP contribution is 2.14. The molecule has 0 aromatic heterocycles. The highest BCUT2D eigenvalue weighted by atomic mass is 28.3. The van der Waals surface area contributed by atoms with Crippen LogP contribution in [0.1, 0.15) is 226 Å². The Labute approximate surface area is 390 Å². The standard InChI is InChI=1S/C52H104N2O8Si/c1-7-10-13-16-19-26-31-43-58-49(55)36-28-21-20-22-29-40-54(42-35-39-53-52(57)62-47-48-63(4,5)6)41-30-23-27-32-44-59-50(56)37-38-51(60-45-33-24-17-14-11-8-2)61-46-34-25-18-15-12-9-3/h51H,7-48H2,1-6H3,(H,53,57)/q-1. The molecule has 0 heterocycles. The Hall–Kier alpha value is -1.69. The summed E-state index contributed by atoms with van der Waals surface area (Å²) in [5.41, 5.74) is 0. The maximum atomic E-state index is 12.6. The molecule has 1 amide bonds. The predicted molar refractivity (Wildman–Crippen MR) is 266 cm³/mol. The van der Waals surface area contributed by atoms with E-state index in [1.54, 1.807) is 0 Å². The molecule has 0 aliphatic rings. The number of nitrogens with zero attached hydrogens (tertiary/aromatic N) is 1. The Balaban J connectivity index is 4.50. The Bertz CT molecular complexity index is 995. The normalized spacial score (nSPS) is 11.7. The summed E-state index contributed by atoms with van der Waals surface area (Å²) < 4.78 is 28.7. The van der Waals surface area contributed by atoms with Gasteiger partial charge in [0.25, 0.3) is 0 Å². The van der Waals surface area contributed by atoms with Crippen LogP contribution < -0.4 is 5.32 Å². The maximum Gasteiger partial charge on any atom is 0.407 e. The van der Waals surface area contributed by atoms with Crippen molar-refractivity contribution < 1.29 is 38.1 Å². The van der Waals surface area contributed by atoms with E-state index in [0.29, 0.717) is 58.8 Å². The highest BCUT2D eigenvalue weighted by molar-refractivity contribution is 6.76. The second-order valence-electron chi connectivity index (χ2n) is 19.3. The largest absolute Gasteiger partial charge is 0.466 e. The molecule has 0 saturated heterocycles. The monoisotopic (exact) mass is 913 g/mol. The van der Waals surface area contributed by atoms with Gasteiger partial charge >= 0.3 is 18.0 Å². The number of carbonyl (C=O) groups is 3. The van der Waals surface area contributed by atoms with E-state index >= 15 is 0 Å². The fourth-order valence-corrected chi connectivity index (χ4v) is 8.19. The van der Waals surface area contributed by atoms with E-state index in [-0.39, 0.29) is 24.3 Å². The minimum absolute atomic E-state index is 0.0455. The minimum atomic E-state index is -1.23. The van der Waals surface area contributed by atoms with Crippen LogP contribution in [0.2, 0.25) is 25.7 Å². The van der Waals surface area contributed by atoms with Crippen molar-refractivity contribution in [2.24, 2.45) is 0 Å². The second-order valence-corrected chi connectivity index (χ2v) is 24.9. The van der Waals surface area contributed by atoms with Crippen LogP contribution in [0.4, 0.5) is 4.79 Å². The van der Waals surface area contributed by atoms with Crippen LogP contribution in [0.25, 0.3) is 0 Å². The lowest BCUT2D eigenvalue weighted by molar-refractivity contribution is -0.159. The molecule has 0 spiro atoms. The van der Waals surface area contributed by atoms with Crippen molar-refractivity contribution in [2.75, 3.05) is 59.2 Å². The number of nitrogens with one attached hydrogen (secondary N) is 1. The first kappa shape index (κ1) is 61.3. The lowest BCUT2D eigenvalue weighted by atomic mass is 10.1. The minimum Gasteiger partial charge on any atom is -0.466 e. The van der Waals surface area contributed by atoms with E-state index in [1.165, 1.54) is 96.3 Å². The van der Waals surface area contributed by atoms with Crippen molar-refractivity contribution in [3.63, 3.8) is 0 Å². The number of amides is 1. The van der Waals surface area contributed by atoms with Crippen LogP contribution in [0.3, 0.4) is 0 Å². The van der Waals surface area contributed by atoms with E-state index in [2.05, 4.69) is 50.6 Å². The summed E-state index contributed by atoms with van der Waals surface area (Å²) in [5, 5.41) is 2.94. The summed E-state index contributed by atoms with van der Waals surface area (Å²) in [6, 6.07) is 0.976. The number of unbranched alkanes of at least 4 members (excludes halogenated alkanes) is 23. The number of carbonyl (C=O) groups excluding carboxylic acids is 3. The third-order valence-electron chi connectivity index (χ3n) is 11.7. The lowest BCUT2D eigenvalue weighted by Gasteiger charge is -2.26. The number of ether oxygens (including phenoxy) is 5. The van der Waals surface area contributed by atoms with E-state index in [4.69, 9.17) is 23.7 Å².